The first-order valence-corrected chi connectivity index (χ1v) is 11.4. The van der Waals surface area contributed by atoms with Crippen LogP contribution in [0.3, 0.4) is 0 Å². The molecule has 2 amide bonds. The lowest BCUT2D eigenvalue weighted by Gasteiger charge is -2.28. The molecule has 0 unspecified atom stereocenters. The molecular formula is C28H16ClN3O4. The topological polar surface area (TPSA) is 92.5 Å². The Balaban J connectivity index is 1.59. The van der Waals surface area contributed by atoms with Crippen molar-refractivity contribution in [3.63, 3.8) is 0 Å². The summed E-state index contributed by atoms with van der Waals surface area (Å²) in [7, 11) is 0. The Hall–Kier alpha value is -4.75. The van der Waals surface area contributed by atoms with Gasteiger partial charge in [0.1, 0.15) is 5.69 Å². The van der Waals surface area contributed by atoms with E-state index in [1.54, 1.807) is 54.6 Å². The van der Waals surface area contributed by atoms with Gasteiger partial charge < -0.3 is 5.32 Å². The Morgan fingerprint density at radius 2 is 1.44 bits per heavy atom. The fraction of sp³-hybridized carbons (Fsp3) is 0. The first kappa shape index (κ1) is 21.8. The minimum Gasteiger partial charge on any atom is -0.349 e. The molecule has 5 aromatic carbocycles. The van der Waals surface area contributed by atoms with Gasteiger partial charge in [-0.3, -0.25) is 19.7 Å². The Bertz CT molecular complexity index is 1740. The van der Waals surface area contributed by atoms with Gasteiger partial charge in [-0.15, -0.1) is 0 Å². The van der Waals surface area contributed by atoms with Crippen molar-refractivity contribution in [3.05, 3.63) is 117 Å². The molecule has 174 valence electrons. The summed E-state index contributed by atoms with van der Waals surface area (Å²) in [4.78, 5) is 40.2. The standard InChI is InChI=1S/C28H16ClN3O4/c29-17-11-13-18(14-12-17)30-26-20-8-4-9-21-25(20)22(15-24(26)32(35)36)28(34)31(27(21)33)23-10-3-6-16-5-1-2-7-19(16)23/h1-15,30H. The zero-order valence-electron chi connectivity index (χ0n) is 18.6. The second-order valence-corrected chi connectivity index (χ2v) is 8.82. The number of hydrogen-bond acceptors (Lipinski definition) is 5. The van der Waals surface area contributed by atoms with Gasteiger partial charge in [-0.2, -0.15) is 0 Å². The minimum atomic E-state index is -0.610. The molecular weight excluding hydrogens is 478 g/mol. The molecule has 0 bridgehead atoms. The highest BCUT2D eigenvalue weighted by molar-refractivity contribution is 6.38. The van der Waals surface area contributed by atoms with E-state index in [1.165, 1.54) is 6.07 Å². The maximum Gasteiger partial charge on any atom is 0.294 e. The number of anilines is 3. The SMILES string of the molecule is O=C1c2cccc3c(Nc4ccc(Cl)cc4)c([N+](=O)[O-])cc(c23)C(=O)N1c1cccc2ccccc12. The Morgan fingerprint density at radius 1 is 0.778 bits per heavy atom. The van der Waals surface area contributed by atoms with Gasteiger partial charge in [0.2, 0.25) is 0 Å². The fourth-order valence-electron chi connectivity index (χ4n) is 4.72. The molecule has 0 aliphatic carbocycles. The maximum absolute atomic E-state index is 13.8. The summed E-state index contributed by atoms with van der Waals surface area (Å²) in [6.07, 6.45) is 0. The van der Waals surface area contributed by atoms with Gasteiger partial charge in [0.05, 0.1) is 16.2 Å². The smallest absolute Gasteiger partial charge is 0.294 e. The van der Waals surface area contributed by atoms with E-state index in [1.807, 2.05) is 30.3 Å². The third kappa shape index (κ3) is 3.29. The van der Waals surface area contributed by atoms with Gasteiger partial charge in [-0.1, -0.05) is 60.1 Å². The number of nitro groups is 1. The van der Waals surface area contributed by atoms with Gasteiger partial charge in [-0.25, -0.2) is 4.90 Å². The van der Waals surface area contributed by atoms with Crippen molar-refractivity contribution >= 4 is 67.7 Å². The highest BCUT2D eigenvalue weighted by atomic mass is 35.5. The lowest BCUT2D eigenvalue weighted by atomic mass is 9.91. The van der Waals surface area contributed by atoms with E-state index in [0.29, 0.717) is 32.7 Å². The Morgan fingerprint density at radius 3 is 2.22 bits per heavy atom. The summed E-state index contributed by atoms with van der Waals surface area (Å²) < 4.78 is 0. The number of carbonyl (C=O) groups excluding carboxylic acids is 2. The average Bonchev–Trinajstić information content (AvgIpc) is 2.89. The number of hydrogen-bond donors (Lipinski definition) is 1. The van der Waals surface area contributed by atoms with Crippen LogP contribution in [0.5, 0.6) is 0 Å². The molecule has 0 aromatic heterocycles. The normalized spacial score (nSPS) is 12.9. The largest absolute Gasteiger partial charge is 0.349 e. The molecule has 1 N–H and O–H groups in total. The zero-order valence-corrected chi connectivity index (χ0v) is 19.3. The quantitative estimate of drug-likeness (QED) is 0.164. The number of fused-ring (bicyclic) bond motifs is 1. The molecule has 7 nitrogen and oxygen atoms in total. The van der Waals surface area contributed by atoms with E-state index in [4.69, 9.17) is 11.6 Å². The molecule has 5 aromatic rings. The van der Waals surface area contributed by atoms with Crippen molar-refractivity contribution in [1.82, 2.24) is 0 Å². The van der Waals surface area contributed by atoms with Crippen LogP contribution < -0.4 is 10.2 Å². The molecule has 0 saturated heterocycles. The second kappa shape index (κ2) is 8.18. The van der Waals surface area contributed by atoms with Gasteiger partial charge in [-0.05, 0) is 41.8 Å². The number of nitrogens with zero attached hydrogens (tertiary/aromatic N) is 2. The number of carbonyl (C=O) groups is 2. The number of nitro benzene ring substituents is 1. The first-order chi connectivity index (χ1) is 17.4. The van der Waals surface area contributed by atoms with Gasteiger partial charge in [0, 0.05) is 38.5 Å². The molecule has 1 aliphatic rings. The Labute approximate surface area is 209 Å². The molecule has 0 saturated carbocycles. The van der Waals surface area contributed by atoms with E-state index in [-0.39, 0.29) is 16.9 Å². The van der Waals surface area contributed by atoms with Crippen molar-refractivity contribution in [2.24, 2.45) is 0 Å². The minimum absolute atomic E-state index is 0.0986. The van der Waals surface area contributed by atoms with E-state index in [9.17, 15) is 19.7 Å². The summed E-state index contributed by atoms with van der Waals surface area (Å²) in [6, 6.07) is 25.7. The van der Waals surface area contributed by atoms with Gasteiger partial charge in [0.15, 0.2) is 0 Å². The molecule has 0 fully saturated rings. The summed E-state index contributed by atoms with van der Waals surface area (Å²) in [6.45, 7) is 0. The molecule has 6 rings (SSSR count). The number of nitrogens with one attached hydrogen (secondary N) is 1. The van der Waals surface area contributed by atoms with E-state index in [0.717, 1.165) is 15.7 Å². The molecule has 1 aliphatic heterocycles. The van der Waals surface area contributed by atoms with Crippen LogP contribution in [-0.4, -0.2) is 16.7 Å². The molecule has 36 heavy (non-hydrogen) atoms. The zero-order chi connectivity index (χ0) is 25.0. The van der Waals surface area contributed by atoms with Crippen LogP contribution in [0.25, 0.3) is 21.5 Å². The number of amides is 2. The average molecular weight is 494 g/mol. The van der Waals surface area contributed by atoms with Crippen molar-refractivity contribution in [3.8, 4) is 0 Å². The third-order valence-corrected chi connectivity index (χ3v) is 6.58. The second-order valence-electron chi connectivity index (χ2n) is 8.38. The third-order valence-electron chi connectivity index (χ3n) is 6.33. The summed E-state index contributed by atoms with van der Waals surface area (Å²) >= 11 is 5.98. The lowest BCUT2D eigenvalue weighted by Crippen LogP contribution is -2.40. The molecule has 1 heterocycles. The number of benzene rings is 5. The molecule has 0 spiro atoms. The van der Waals surface area contributed by atoms with E-state index in [2.05, 4.69) is 5.32 Å². The fourth-order valence-corrected chi connectivity index (χ4v) is 4.85. The molecule has 0 atom stereocenters. The predicted molar refractivity (Wildman–Crippen MR) is 140 cm³/mol. The van der Waals surface area contributed by atoms with Crippen LogP contribution in [0, 0.1) is 10.1 Å². The van der Waals surface area contributed by atoms with E-state index >= 15 is 0 Å². The Kier molecular flexibility index (Phi) is 4.94. The van der Waals surface area contributed by atoms with Crippen molar-refractivity contribution in [1.29, 1.82) is 0 Å². The van der Waals surface area contributed by atoms with E-state index < -0.39 is 16.7 Å². The van der Waals surface area contributed by atoms with Crippen LogP contribution >= 0.6 is 11.6 Å². The monoisotopic (exact) mass is 493 g/mol. The van der Waals surface area contributed by atoms with Gasteiger partial charge >= 0.3 is 0 Å². The van der Waals surface area contributed by atoms with Crippen LogP contribution in [-0.2, 0) is 0 Å². The summed E-state index contributed by atoms with van der Waals surface area (Å²) in [5.41, 5.74) is 1.32. The molecule has 8 heteroatoms. The predicted octanol–water partition coefficient (Wildman–Crippen LogP) is 7.10. The summed E-state index contributed by atoms with van der Waals surface area (Å²) in [5, 5.41) is 18.1. The molecule has 0 radical (unpaired) electrons. The lowest BCUT2D eigenvalue weighted by molar-refractivity contribution is -0.383. The number of imide groups is 1. The van der Waals surface area contributed by atoms with Crippen molar-refractivity contribution < 1.29 is 14.5 Å². The highest BCUT2D eigenvalue weighted by Gasteiger charge is 2.37. The van der Waals surface area contributed by atoms with Gasteiger partial charge in [0.25, 0.3) is 17.5 Å². The summed E-state index contributed by atoms with van der Waals surface area (Å²) in [5.74, 6) is -1.10. The van der Waals surface area contributed by atoms with Crippen LogP contribution in [0.2, 0.25) is 5.02 Å². The maximum atomic E-state index is 13.8. The van der Waals surface area contributed by atoms with Crippen LogP contribution in [0.1, 0.15) is 20.7 Å². The highest BCUT2D eigenvalue weighted by Crippen LogP contribution is 2.43. The number of halogens is 1. The van der Waals surface area contributed by atoms with Crippen LogP contribution in [0.4, 0.5) is 22.7 Å². The van der Waals surface area contributed by atoms with Crippen molar-refractivity contribution in [2.45, 2.75) is 0 Å². The van der Waals surface area contributed by atoms with Crippen molar-refractivity contribution in [2.75, 3.05) is 10.2 Å². The number of rotatable bonds is 4. The van der Waals surface area contributed by atoms with Crippen LogP contribution in [0.15, 0.2) is 91.0 Å². The first-order valence-electron chi connectivity index (χ1n) is 11.1.